The summed E-state index contributed by atoms with van der Waals surface area (Å²) in [4.78, 5) is 11.4. The molecule has 1 atom stereocenters. The molecule has 0 radical (unpaired) electrons. The van der Waals surface area contributed by atoms with E-state index in [0.717, 1.165) is 12.1 Å². The maximum Gasteiger partial charge on any atom is 0.417 e. The molecule has 1 aliphatic carbocycles. The molecular weight excluding hydrogens is 346 g/mol. The van der Waals surface area contributed by atoms with Crippen molar-refractivity contribution < 1.29 is 22.4 Å². The minimum absolute atomic E-state index is 0.0841. The first-order chi connectivity index (χ1) is 11.2. The van der Waals surface area contributed by atoms with Crippen molar-refractivity contribution in [3.8, 4) is 0 Å². The van der Waals surface area contributed by atoms with Crippen LogP contribution in [0.15, 0.2) is 30.3 Å². The topological polar surface area (TPSA) is 43.1 Å². The summed E-state index contributed by atoms with van der Waals surface area (Å²) in [7, 11) is 0. The van der Waals surface area contributed by atoms with Crippen LogP contribution >= 0.6 is 11.6 Å². The Morgan fingerprint density at radius 3 is 2.54 bits per heavy atom. The third-order valence-electron chi connectivity index (χ3n) is 4.27. The summed E-state index contributed by atoms with van der Waals surface area (Å²) >= 11 is 5.86. The molecule has 2 N–H and O–H groups in total. The van der Waals surface area contributed by atoms with E-state index in [1.165, 1.54) is 18.2 Å². The van der Waals surface area contributed by atoms with Crippen molar-refractivity contribution in [1.82, 2.24) is 0 Å². The maximum absolute atomic E-state index is 14.0. The monoisotopic (exact) mass is 357 g/mol. The molecule has 0 fully saturated rings. The number of halogens is 5. The van der Waals surface area contributed by atoms with Gasteiger partial charge >= 0.3 is 6.18 Å². The van der Waals surface area contributed by atoms with Gasteiger partial charge in [-0.05, 0) is 47.7 Å². The third kappa shape index (κ3) is 2.75. The minimum Gasteiger partial charge on any atom is -0.366 e. The number of alkyl halides is 3. The lowest BCUT2D eigenvalue weighted by Gasteiger charge is -2.21. The molecular formula is C17H12ClF4NO. The Bertz CT molecular complexity index is 832. The summed E-state index contributed by atoms with van der Waals surface area (Å²) in [6.07, 6.45) is -4.14. The lowest BCUT2D eigenvalue weighted by Crippen LogP contribution is -2.21. The van der Waals surface area contributed by atoms with Crippen LogP contribution in [0.4, 0.5) is 17.6 Å². The highest BCUT2D eigenvalue weighted by Gasteiger charge is 2.40. The second-order valence-electron chi connectivity index (χ2n) is 5.68. The number of primary amides is 1. The van der Waals surface area contributed by atoms with E-state index in [9.17, 15) is 22.4 Å². The molecule has 0 aliphatic heterocycles. The molecule has 0 saturated carbocycles. The van der Waals surface area contributed by atoms with Crippen molar-refractivity contribution in [3.63, 3.8) is 0 Å². The number of nitrogens with two attached hydrogens (primary N) is 1. The highest BCUT2D eigenvalue weighted by molar-refractivity contribution is 6.30. The first-order valence-electron chi connectivity index (χ1n) is 7.18. The molecule has 2 aromatic rings. The number of hydrogen-bond acceptors (Lipinski definition) is 1. The molecule has 2 nitrogen and oxygen atoms in total. The van der Waals surface area contributed by atoms with Crippen LogP contribution in [0.2, 0.25) is 5.02 Å². The largest absolute Gasteiger partial charge is 0.417 e. The van der Waals surface area contributed by atoms with Gasteiger partial charge in [-0.1, -0.05) is 23.7 Å². The van der Waals surface area contributed by atoms with Crippen LogP contribution in [0, 0.1) is 5.82 Å². The maximum atomic E-state index is 14.0. The fraction of sp³-hybridized carbons (Fsp3) is 0.235. The Morgan fingerprint density at radius 2 is 1.92 bits per heavy atom. The molecule has 0 aromatic heterocycles. The second kappa shape index (κ2) is 5.77. The molecule has 2 aromatic carbocycles. The lowest BCUT2D eigenvalue weighted by atomic mass is 9.86. The van der Waals surface area contributed by atoms with Crippen molar-refractivity contribution >= 4 is 17.5 Å². The number of hydrogen-bond donors (Lipinski definition) is 1. The molecule has 0 unspecified atom stereocenters. The third-order valence-corrected chi connectivity index (χ3v) is 4.49. The van der Waals surface area contributed by atoms with Crippen LogP contribution in [0.1, 0.15) is 45.0 Å². The molecule has 0 heterocycles. The van der Waals surface area contributed by atoms with Crippen LogP contribution in [0.3, 0.4) is 0 Å². The predicted molar refractivity (Wildman–Crippen MR) is 81.5 cm³/mol. The van der Waals surface area contributed by atoms with Crippen LogP contribution < -0.4 is 5.73 Å². The van der Waals surface area contributed by atoms with Gasteiger partial charge in [-0.15, -0.1) is 0 Å². The van der Waals surface area contributed by atoms with E-state index in [1.807, 2.05) is 0 Å². The molecule has 126 valence electrons. The van der Waals surface area contributed by atoms with Gasteiger partial charge in [0.2, 0.25) is 5.91 Å². The van der Waals surface area contributed by atoms with E-state index in [0.29, 0.717) is 24.0 Å². The Morgan fingerprint density at radius 1 is 1.21 bits per heavy atom. The van der Waals surface area contributed by atoms with Crippen LogP contribution in [-0.4, -0.2) is 5.91 Å². The second-order valence-corrected chi connectivity index (χ2v) is 6.11. The highest BCUT2D eigenvalue weighted by Crippen LogP contribution is 2.46. The molecule has 7 heteroatoms. The molecule has 1 amide bonds. The van der Waals surface area contributed by atoms with Crippen molar-refractivity contribution in [2.24, 2.45) is 5.73 Å². The van der Waals surface area contributed by atoms with Gasteiger partial charge in [0, 0.05) is 10.9 Å². The number of amides is 1. The Kier molecular flexibility index (Phi) is 4.03. The van der Waals surface area contributed by atoms with Crippen molar-refractivity contribution in [3.05, 3.63) is 69.0 Å². The lowest BCUT2D eigenvalue weighted by molar-refractivity contribution is -0.138. The number of carbonyl (C=O) groups is 1. The quantitative estimate of drug-likeness (QED) is 0.779. The van der Waals surface area contributed by atoms with E-state index in [2.05, 4.69) is 0 Å². The number of benzene rings is 2. The average molecular weight is 358 g/mol. The summed E-state index contributed by atoms with van der Waals surface area (Å²) in [5, 5.41) is 0.123. The number of carbonyl (C=O) groups excluding carboxylic acids is 1. The molecule has 0 bridgehead atoms. The zero-order valence-electron chi connectivity index (χ0n) is 12.3. The first kappa shape index (κ1) is 16.8. The number of rotatable bonds is 2. The van der Waals surface area contributed by atoms with Gasteiger partial charge in [-0.3, -0.25) is 4.79 Å². The van der Waals surface area contributed by atoms with Gasteiger partial charge in [0.1, 0.15) is 5.82 Å². The molecule has 3 rings (SSSR count). The number of fused-ring (bicyclic) bond motifs is 1. The van der Waals surface area contributed by atoms with Gasteiger partial charge in [0.25, 0.3) is 0 Å². The first-order valence-corrected chi connectivity index (χ1v) is 7.55. The van der Waals surface area contributed by atoms with Gasteiger partial charge < -0.3 is 5.73 Å². The van der Waals surface area contributed by atoms with Crippen LogP contribution in [0.5, 0.6) is 0 Å². The summed E-state index contributed by atoms with van der Waals surface area (Å²) in [5.41, 5.74) is 4.16. The summed E-state index contributed by atoms with van der Waals surface area (Å²) in [5.74, 6) is -2.37. The molecule has 0 spiro atoms. The van der Waals surface area contributed by atoms with Crippen molar-refractivity contribution in [2.45, 2.75) is 24.9 Å². The van der Waals surface area contributed by atoms with Gasteiger partial charge in [-0.2, -0.15) is 13.2 Å². The van der Waals surface area contributed by atoms with Crippen molar-refractivity contribution in [1.29, 1.82) is 0 Å². The van der Waals surface area contributed by atoms with Gasteiger partial charge in [-0.25, -0.2) is 4.39 Å². The van der Waals surface area contributed by atoms with E-state index in [1.54, 1.807) is 0 Å². The fourth-order valence-corrected chi connectivity index (χ4v) is 3.56. The highest BCUT2D eigenvalue weighted by atomic mass is 35.5. The minimum atomic E-state index is -4.75. The van der Waals surface area contributed by atoms with E-state index < -0.39 is 34.9 Å². The van der Waals surface area contributed by atoms with E-state index in [4.69, 9.17) is 17.3 Å². The zero-order chi connectivity index (χ0) is 17.6. The predicted octanol–water partition coefficient (Wildman–Crippen LogP) is 4.67. The summed E-state index contributed by atoms with van der Waals surface area (Å²) < 4.78 is 54.6. The molecule has 1 aliphatic rings. The Hall–Kier alpha value is -2.08. The average Bonchev–Trinajstić information content (AvgIpc) is 2.89. The molecule has 0 saturated heterocycles. The summed E-state index contributed by atoms with van der Waals surface area (Å²) in [6, 6.07) is 6.32. The van der Waals surface area contributed by atoms with Gasteiger partial charge in [0.05, 0.1) is 11.1 Å². The Balaban J connectivity index is 2.24. The van der Waals surface area contributed by atoms with Gasteiger partial charge in [0.15, 0.2) is 0 Å². The molecule has 24 heavy (non-hydrogen) atoms. The standard InChI is InChI=1S/C17H12ClF4NO/c18-8-6-13-9(4-5-10(13)14(19)7-8)11-2-1-3-12(16(23)24)15(11)17(20,21)22/h1-3,6-7,9H,4-5H2,(H2,23,24)/t9-/m0/s1. The smallest absolute Gasteiger partial charge is 0.366 e. The SMILES string of the molecule is NC(=O)c1cccc([C@@H]2CCc3c(F)cc(Cl)cc32)c1C(F)(F)F. The Labute approximate surface area is 140 Å². The van der Waals surface area contributed by atoms with E-state index in [-0.39, 0.29) is 10.6 Å². The van der Waals surface area contributed by atoms with E-state index >= 15 is 0 Å². The van der Waals surface area contributed by atoms with Crippen molar-refractivity contribution in [2.75, 3.05) is 0 Å². The normalized spacial score (nSPS) is 17.0. The van der Waals surface area contributed by atoms with Crippen LogP contribution in [0.25, 0.3) is 0 Å². The summed E-state index contributed by atoms with van der Waals surface area (Å²) in [6.45, 7) is 0. The fourth-order valence-electron chi connectivity index (χ4n) is 3.35. The zero-order valence-corrected chi connectivity index (χ0v) is 13.0. The van der Waals surface area contributed by atoms with Crippen LogP contribution in [-0.2, 0) is 12.6 Å².